The van der Waals surface area contributed by atoms with E-state index in [0.717, 1.165) is 11.1 Å². The molecular formula is C13H17N3. The third-order valence-electron chi connectivity index (χ3n) is 2.89. The van der Waals surface area contributed by atoms with Gasteiger partial charge in [-0.15, -0.1) is 0 Å². The molecule has 1 aromatic carbocycles. The van der Waals surface area contributed by atoms with Gasteiger partial charge in [-0.3, -0.25) is 5.10 Å². The predicted octanol–water partition coefficient (Wildman–Crippen LogP) is 3.09. The highest BCUT2D eigenvalue weighted by Gasteiger charge is 2.09. The smallest absolute Gasteiger partial charge is 0.126 e. The van der Waals surface area contributed by atoms with Gasteiger partial charge in [-0.1, -0.05) is 32.0 Å². The van der Waals surface area contributed by atoms with Crippen LogP contribution in [0, 0.1) is 6.92 Å². The summed E-state index contributed by atoms with van der Waals surface area (Å²) in [5.74, 6) is 1.15. The Kier molecular flexibility index (Phi) is 2.69. The van der Waals surface area contributed by atoms with Gasteiger partial charge in [-0.05, 0) is 29.5 Å². The molecule has 0 aliphatic carbocycles. The lowest BCUT2D eigenvalue weighted by atomic mass is 9.95. The summed E-state index contributed by atoms with van der Waals surface area (Å²) in [6.07, 6.45) is 1.78. The van der Waals surface area contributed by atoms with Crippen LogP contribution in [-0.4, -0.2) is 10.2 Å². The molecule has 0 aliphatic rings. The summed E-state index contributed by atoms with van der Waals surface area (Å²) in [5, 5.41) is 6.73. The van der Waals surface area contributed by atoms with Crippen LogP contribution >= 0.6 is 0 Å². The maximum absolute atomic E-state index is 5.85. The van der Waals surface area contributed by atoms with Crippen LogP contribution in [0.5, 0.6) is 0 Å². The highest BCUT2D eigenvalue weighted by Crippen LogP contribution is 2.29. The number of nitrogens with two attached hydrogens (primary N) is 1. The molecule has 0 saturated carbocycles. The summed E-state index contributed by atoms with van der Waals surface area (Å²) < 4.78 is 0. The molecule has 0 atom stereocenters. The summed E-state index contributed by atoms with van der Waals surface area (Å²) in [6.45, 7) is 6.46. The number of benzene rings is 1. The monoisotopic (exact) mass is 215 g/mol. The van der Waals surface area contributed by atoms with Crippen molar-refractivity contribution in [3.05, 3.63) is 35.5 Å². The van der Waals surface area contributed by atoms with Crippen LogP contribution in [0.2, 0.25) is 0 Å². The van der Waals surface area contributed by atoms with Crippen LogP contribution in [0.4, 0.5) is 5.82 Å². The molecule has 0 amide bonds. The van der Waals surface area contributed by atoms with Crippen molar-refractivity contribution < 1.29 is 0 Å². The molecule has 84 valence electrons. The average molecular weight is 215 g/mol. The van der Waals surface area contributed by atoms with E-state index in [1.807, 2.05) is 0 Å². The van der Waals surface area contributed by atoms with Gasteiger partial charge in [0.25, 0.3) is 0 Å². The van der Waals surface area contributed by atoms with Crippen molar-refractivity contribution in [2.45, 2.75) is 26.7 Å². The number of rotatable bonds is 2. The largest absolute Gasteiger partial charge is 0.384 e. The van der Waals surface area contributed by atoms with Gasteiger partial charge in [0, 0.05) is 5.56 Å². The van der Waals surface area contributed by atoms with Gasteiger partial charge < -0.3 is 5.73 Å². The first-order chi connectivity index (χ1) is 7.59. The molecule has 3 nitrogen and oxygen atoms in total. The second kappa shape index (κ2) is 4.00. The molecule has 2 aromatic rings. The molecule has 2 rings (SSSR count). The van der Waals surface area contributed by atoms with Gasteiger partial charge in [0.15, 0.2) is 0 Å². The molecule has 0 fully saturated rings. The molecule has 0 spiro atoms. The number of aromatic amines is 1. The Labute approximate surface area is 95.7 Å². The first kappa shape index (κ1) is 10.7. The van der Waals surface area contributed by atoms with Crippen LogP contribution in [0.1, 0.15) is 30.9 Å². The predicted molar refractivity (Wildman–Crippen MR) is 67.3 cm³/mol. The lowest BCUT2D eigenvalue weighted by Gasteiger charge is -2.10. The van der Waals surface area contributed by atoms with Gasteiger partial charge in [0.05, 0.1) is 6.20 Å². The lowest BCUT2D eigenvalue weighted by Crippen LogP contribution is -1.93. The molecule has 0 aliphatic heterocycles. The molecule has 0 saturated heterocycles. The summed E-state index contributed by atoms with van der Waals surface area (Å²) in [4.78, 5) is 0. The Morgan fingerprint density at radius 1 is 1.25 bits per heavy atom. The van der Waals surface area contributed by atoms with Crippen LogP contribution in [0.15, 0.2) is 24.4 Å². The van der Waals surface area contributed by atoms with Gasteiger partial charge in [-0.25, -0.2) is 0 Å². The highest BCUT2D eigenvalue weighted by molar-refractivity contribution is 5.76. The third-order valence-corrected chi connectivity index (χ3v) is 2.89. The number of nitrogens with zero attached hydrogens (tertiary/aromatic N) is 1. The van der Waals surface area contributed by atoms with Gasteiger partial charge in [0.2, 0.25) is 0 Å². The van der Waals surface area contributed by atoms with E-state index >= 15 is 0 Å². The highest BCUT2D eigenvalue weighted by atomic mass is 15.1. The standard InChI is InChI=1S/C13H17N3/c1-8(2)10-5-4-9(3)11(6-10)12-7-15-16-13(12)14/h4-8H,1-3H3,(H3,14,15,16). The minimum Gasteiger partial charge on any atom is -0.384 e. The fourth-order valence-electron chi connectivity index (χ4n) is 1.80. The van der Waals surface area contributed by atoms with E-state index in [9.17, 15) is 0 Å². The van der Waals surface area contributed by atoms with Gasteiger partial charge in [0.1, 0.15) is 5.82 Å². The molecule has 0 radical (unpaired) electrons. The Morgan fingerprint density at radius 2 is 2.00 bits per heavy atom. The number of aryl methyl sites for hydroxylation is 1. The van der Waals surface area contributed by atoms with Crippen LogP contribution < -0.4 is 5.73 Å². The Morgan fingerprint density at radius 3 is 2.56 bits per heavy atom. The zero-order valence-electron chi connectivity index (χ0n) is 9.91. The van der Waals surface area contributed by atoms with Crippen LogP contribution in [-0.2, 0) is 0 Å². The van der Waals surface area contributed by atoms with Crippen molar-refractivity contribution in [2.24, 2.45) is 0 Å². The van der Waals surface area contributed by atoms with E-state index in [2.05, 4.69) is 49.2 Å². The van der Waals surface area contributed by atoms with E-state index < -0.39 is 0 Å². The average Bonchev–Trinajstić information content (AvgIpc) is 2.65. The second-order valence-corrected chi connectivity index (χ2v) is 4.43. The van der Waals surface area contributed by atoms with Crippen molar-refractivity contribution in [3.63, 3.8) is 0 Å². The number of hydrogen-bond donors (Lipinski definition) is 2. The normalized spacial score (nSPS) is 11.0. The Hall–Kier alpha value is -1.77. The number of nitrogen functional groups attached to an aromatic ring is 1. The SMILES string of the molecule is Cc1ccc(C(C)C)cc1-c1cn[nH]c1N. The number of H-pyrrole nitrogens is 1. The Bertz CT molecular complexity index is 498. The first-order valence-electron chi connectivity index (χ1n) is 5.49. The minimum absolute atomic E-state index is 0.521. The third kappa shape index (κ3) is 1.81. The van der Waals surface area contributed by atoms with Crippen molar-refractivity contribution in [2.75, 3.05) is 5.73 Å². The number of nitrogens with one attached hydrogen (secondary N) is 1. The van der Waals surface area contributed by atoms with E-state index in [-0.39, 0.29) is 0 Å². The molecular weight excluding hydrogens is 198 g/mol. The summed E-state index contributed by atoms with van der Waals surface area (Å²) in [5.41, 5.74) is 10.5. The van der Waals surface area contributed by atoms with Crippen LogP contribution in [0.25, 0.3) is 11.1 Å². The molecule has 3 heteroatoms. The van der Waals surface area contributed by atoms with Crippen molar-refractivity contribution in [1.82, 2.24) is 10.2 Å². The van der Waals surface area contributed by atoms with Gasteiger partial charge in [-0.2, -0.15) is 5.10 Å². The van der Waals surface area contributed by atoms with E-state index in [0.29, 0.717) is 11.7 Å². The van der Waals surface area contributed by atoms with E-state index in [1.54, 1.807) is 6.20 Å². The minimum atomic E-state index is 0.521. The lowest BCUT2D eigenvalue weighted by molar-refractivity contribution is 0.866. The maximum atomic E-state index is 5.85. The maximum Gasteiger partial charge on any atom is 0.126 e. The zero-order valence-corrected chi connectivity index (χ0v) is 9.91. The fourth-order valence-corrected chi connectivity index (χ4v) is 1.80. The quantitative estimate of drug-likeness (QED) is 0.808. The summed E-state index contributed by atoms with van der Waals surface area (Å²) in [6, 6.07) is 6.50. The molecule has 1 heterocycles. The summed E-state index contributed by atoms with van der Waals surface area (Å²) in [7, 11) is 0. The fraction of sp³-hybridized carbons (Fsp3) is 0.308. The van der Waals surface area contributed by atoms with Crippen molar-refractivity contribution in [3.8, 4) is 11.1 Å². The molecule has 16 heavy (non-hydrogen) atoms. The summed E-state index contributed by atoms with van der Waals surface area (Å²) >= 11 is 0. The molecule has 0 unspecified atom stereocenters. The van der Waals surface area contributed by atoms with Crippen molar-refractivity contribution >= 4 is 5.82 Å². The van der Waals surface area contributed by atoms with E-state index in [1.165, 1.54) is 11.1 Å². The number of hydrogen-bond acceptors (Lipinski definition) is 2. The Balaban J connectivity index is 2.56. The molecule has 1 aromatic heterocycles. The number of anilines is 1. The molecule has 3 N–H and O–H groups in total. The van der Waals surface area contributed by atoms with E-state index in [4.69, 9.17) is 5.73 Å². The molecule has 0 bridgehead atoms. The first-order valence-corrected chi connectivity index (χ1v) is 5.49. The van der Waals surface area contributed by atoms with Crippen LogP contribution in [0.3, 0.4) is 0 Å². The second-order valence-electron chi connectivity index (χ2n) is 4.43. The zero-order chi connectivity index (χ0) is 11.7. The van der Waals surface area contributed by atoms with Crippen molar-refractivity contribution in [1.29, 1.82) is 0 Å². The topological polar surface area (TPSA) is 54.7 Å². The number of aromatic nitrogens is 2. The van der Waals surface area contributed by atoms with Gasteiger partial charge >= 0.3 is 0 Å².